The van der Waals surface area contributed by atoms with E-state index >= 15 is 0 Å². The molecule has 1 saturated carbocycles. The highest BCUT2D eigenvalue weighted by Crippen LogP contribution is 2.35. The fourth-order valence-electron chi connectivity index (χ4n) is 4.23. The third kappa shape index (κ3) is 4.67. The average molecular weight is 338 g/mol. The highest BCUT2D eigenvalue weighted by Gasteiger charge is 2.44. The third-order valence-corrected chi connectivity index (χ3v) is 5.71. The van der Waals surface area contributed by atoms with E-state index in [4.69, 9.17) is 0 Å². The summed E-state index contributed by atoms with van der Waals surface area (Å²) in [5.74, 6) is 0.618. The molecule has 0 radical (unpaired) electrons. The molecule has 0 N–H and O–H groups in total. The average Bonchev–Trinajstić information content (AvgIpc) is 2.76. The van der Waals surface area contributed by atoms with Crippen molar-refractivity contribution < 1.29 is 14.4 Å². The molecule has 0 aromatic carbocycles. The molecule has 1 saturated heterocycles. The van der Waals surface area contributed by atoms with Gasteiger partial charge in [0.2, 0.25) is 11.8 Å². The first-order valence-electron chi connectivity index (χ1n) is 9.85. The van der Waals surface area contributed by atoms with E-state index in [-0.39, 0.29) is 35.5 Å². The number of rotatable bonds is 5. The summed E-state index contributed by atoms with van der Waals surface area (Å²) in [4.78, 5) is 38.3. The van der Waals surface area contributed by atoms with Gasteiger partial charge in [0.25, 0.3) is 0 Å². The predicted octanol–water partition coefficient (Wildman–Crippen LogP) is 4.36. The van der Waals surface area contributed by atoms with Crippen molar-refractivity contribution in [2.75, 3.05) is 0 Å². The molecule has 3 unspecified atom stereocenters. The van der Waals surface area contributed by atoms with Gasteiger partial charge in [0.1, 0.15) is 5.78 Å². The third-order valence-electron chi connectivity index (χ3n) is 5.71. The van der Waals surface area contributed by atoms with Crippen LogP contribution in [0.25, 0.3) is 0 Å². The van der Waals surface area contributed by atoms with Crippen molar-refractivity contribution in [2.45, 2.75) is 92.0 Å². The number of amides is 2. The summed E-state index contributed by atoms with van der Waals surface area (Å²) in [5, 5.41) is 0. The topological polar surface area (TPSA) is 54.5 Å². The SMILES string of the molecule is CC.CCC(CC)C1CC(=O)N(C2CCCC(C(C)=O)CC2)C1=O. The molecule has 0 aromatic rings. The van der Waals surface area contributed by atoms with E-state index in [0.29, 0.717) is 12.3 Å². The van der Waals surface area contributed by atoms with E-state index in [1.807, 2.05) is 13.8 Å². The molecular formula is C20H35NO3. The number of hydrogen-bond donors (Lipinski definition) is 0. The molecular weight excluding hydrogens is 302 g/mol. The van der Waals surface area contributed by atoms with Gasteiger partial charge in [-0.2, -0.15) is 0 Å². The lowest BCUT2D eigenvalue weighted by atomic mass is 9.86. The minimum Gasteiger partial charge on any atom is -0.300 e. The zero-order chi connectivity index (χ0) is 18.3. The first-order chi connectivity index (χ1) is 11.5. The van der Waals surface area contributed by atoms with Crippen LogP contribution in [0.4, 0.5) is 0 Å². The van der Waals surface area contributed by atoms with Crippen LogP contribution < -0.4 is 0 Å². The molecule has 0 spiro atoms. The molecule has 2 amide bonds. The molecule has 1 aliphatic heterocycles. The standard InChI is InChI=1S/C18H29NO3.C2H6/c1-4-13(5-2)16-11-17(21)19(18(16)22)15-8-6-7-14(9-10-15)12(3)20;1-2/h13-16H,4-11H2,1-3H3;1-2H3. The normalized spacial score (nSPS) is 27.8. The van der Waals surface area contributed by atoms with Crippen LogP contribution in [0.15, 0.2) is 0 Å². The summed E-state index contributed by atoms with van der Waals surface area (Å²) in [6, 6.07) is 0.0173. The first kappa shape index (κ1) is 20.9. The van der Waals surface area contributed by atoms with E-state index in [1.54, 1.807) is 11.8 Å². The van der Waals surface area contributed by atoms with Gasteiger partial charge in [-0.15, -0.1) is 0 Å². The van der Waals surface area contributed by atoms with Crippen LogP contribution in [-0.4, -0.2) is 28.5 Å². The number of nitrogens with zero attached hydrogens (tertiary/aromatic N) is 1. The van der Waals surface area contributed by atoms with Gasteiger partial charge < -0.3 is 0 Å². The summed E-state index contributed by atoms with van der Waals surface area (Å²) in [5.41, 5.74) is 0. The minimum atomic E-state index is -0.116. The maximum absolute atomic E-state index is 12.7. The van der Waals surface area contributed by atoms with Gasteiger partial charge in [0.15, 0.2) is 0 Å². The molecule has 3 atom stereocenters. The molecule has 0 aromatic heterocycles. The Morgan fingerprint density at radius 3 is 2.25 bits per heavy atom. The van der Waals surface area contributed by atoms with Crippen LogP contribution in [-0.2, 0) is 14.4 Å². The zero-order valence-electron chi connectivity index (χ0n) is 16.1. The van der Waals surface area contributed by atoms with Gasteiger partial charge in [-0.3, -0.25) is 19.3 Å². The Kier molecular flexibility index (Phi) is 8.65. The highest BCUT2D eigenvalue weighted by molar-refractivity contribution is 6.04. The van der Waals surface area contributed by atoms with Crippen LogP contribution in [0, 0.1) is 17.8 Å². The van der Waals surface area contributed by atoms with Crippen molar-refractivity contribution in [1.82, 2.24) is 4.90 Å². The quantitative estimate of drug-likeness (QED) is 0.553. The van der Waals surface area contributed by atoms with Crippen molar-refractivity contribution >= 4 is 17.6 Å². The van der Waals surface area contributed by atoms with E-state index in [1.165, 1.54) is 0 Å². The molecule has 1 aliphatic carbocycles. The molecule has 2 rings (SSSR count). The minimum absolute atomic E-state index is 0.00757. The lowest BCUT2D eigenvalue weighted by Crippen LogP contribution is -2.40. The largest absolute Gasteiger partial charge is 0.300 e. The Bertz CT molecular complexity index is 442. The van der Waals surface area contributed by atoms with Crippen molar-refractivity contribution in [3.05, 3.63) is 0 Å². The number of ketones is 1. The Morgan fingerprint density at radius 2 is 1.71 bits per heavy atom. The lowest BCUT2D eigenvalue weighted by molar-refractivity contribution is -0.142. The van der Waals surface area contributed by atoms with Crippen LogP contribution >= 0.6 is 0 Å². The van der Waals surface area contributed by atoms with Crippen molar-refractivity contribution in [3.8, 4) is 0 Å². The van der Waals surface area contributed by atoms with E-state index < -0.39 is 0 Å². The predicted molar refractivity (Wildman–Crippen MR) is 96.4 cm³/mol. The summed E-state index contributed by atoms with van der Waals surface area (Å²) in [6.45, 7) is 9.84. The fourth-order valence-corrected chi connectivity index (χ4v) is 4.23. The monoisotopic (exact) mass is 337 g/mol. The number of carbonyl (C=O) groups excluding carboxylic acids is 3. The molecule has 0 bridgehead atoms. The van der Waals surface area contributed by atoms with Crippen molar-refractivity contribution in [2.24, 2.45) is 17.8 Å². The second-order valence-corrected chi connectivity index (χ2v) is 6.96. The van der Waals surface area contributed by atoms with Gasteiger partial charge in [-0.1, -0.05) is 47.0 Å². The Morgan fingerprint density at radius 1 is 1.08 bits per heavy atom. The number of carbonyl (C=O) groups is 3. The number of likely N-dealkylation sites (tertiary alicyclic amines) is 1. The van der Waals surface area contributed by atoms with E-state index in [9.17, 15) is 14.4 Å². The van der Waals surface area contributed by atoms with Gasteiger partial charge in [0.05, 0.1) is 5.92 Å². The van der Waals surface area contributed by atoms with Gasteiger partial charge in [0, 0.05) is 18.4 Å². The molecule has 1 heterocycles. The second kappa shape index (κ2) is 9.95. The molecule has 4 heteroatoms. The van der Waals surface area contributed by atoms with E-state index in [2.05, 4.69) is 13.8 Å². The number of imide groups is 1. The van der Waals surface area contributed by atoms with Crippen LogP contribution in [0.2, 0.25) is 0 Å². The first-order valence-corrected chi connectivity index (χ1v) is 9.85. The summed E-state index contributed by atoms with van der Waals surface area (Å²) >= 11 is 0. The maximum Gasteiger partial charge on any atom is 0.233 e. The van der Waals surface area contributed by atoms with E-state index in [0.717, 1.165) is 44.9 Å². The van der Waals surface area contributed by atoms with Gasteiger partial charge >= 0.3 is 0 Å². The summed E-state index contributed by atoms with van der Waals surface area (Å²) in [6.07, 6.45) is 6.58. The number of Topliss-reactive ketones (excluding diaryl/α,β-unsaturated/α-hetero) is 1. The van der Waals surface area contributed by atoms with Crippen molar-refractivity contribution in [1.29, 1.82) is 0 Å². The zero-order valence-corrected chi connectivity index (χ0v) is 16.1. The Balaban J connectivity index is 0.00000139. The molecule has 24 heavy (non-hydrogen) atoms. The van der Waals surface area contributed by atoms with Crippen molar-refractivity contribution in [3.63, 3.8) is 0 Å². The van der Waals surface area contributed by atoms with Gasteiger partial charge in [-0.05, 0) is 38.5 Å². The van der Waals surface area contributed by atoms with Crippen LogP contribution in [0.3, 0.4) is 0 Å². The maximum atomic E-state index is 12.7. The van der Waals surface area contributed by atoms with Crippen LogP contribution in [0.1, 0.15) is 86.0 Å². The van der Waals surface area contributed by atoms with Gasteiger partial charge in [-0.25, -0.2) is 0 Å². The lowest BCUT2D eigenvalue weighted by Gasteiger charge is -2.26. The summed E-state index contributed by atoms with van der Waals surface area (Å²) in [7, 11) is 0. The molecule has 2 fully saturated rings. The smallest absolute Gasteiger partial charge is 0.233 e. The Labute approximate surface area is 147 Å². The molecule has 138 valence electrons. The van der Waals surface area contributed by atoms with Crippen LogP contribution in [0.5, 0.6) is 0 Å². The number of hydrogen-bond acceptors (Lipinski definition) is 3. The highest BCUT2D eigenvalue weighted by atomic mass is 16.2. The molecule has 2 aliphatic rings. The second-order valence-electron chi connectivity index (χ2n) is 6.96. The fraction of sp³-hybridized carbons (Fsp3) is 0.850. The molecule has 4 nitrogen and oxygen atoms in total. The Hall–Kier alpha value is -1.19. The summed E-state index contributed by atoms with van der Waals surface area (Å²) < 4.78 is 0.